The topological polar surface area (TPSA) is 111 Å². The number of ether oxygens (including phenoxy) is 1. The summed E-state index contributed by atoms with van der Waals surface area (Å²) in [4.78, 5) is 24.3. The number of amides is 1. The van der Waals surface area contributed by atoms with Crippen molar-refractivity contribution in [2.45, 2.75) is 18.9 Å². The van der Waals surface area contributed by atoms with Crippen molar-refractivity contribution in [3.63, 3.8) is 0 Å². The minimum absolute atomic E-state index is 0.0201. The Labute approximate surface area is 122 Å². The Morgan fingerprint density at radius 2 is 2.38 bits per heavy atom. The molecular formula is C13H18N4O4. The van der Waals surface area contributed by atoms with Gasteiger partial charge in [0, 0.05) is 26.3 Å². The normalized spacial score (nSPS) is 17.5. The zero-order valence-electron chi connectivity index (χ0n) is 11.7. The standard InChI is InChI=1S/C13H18N4O4/c1-16(8-9-4-3-7-21-9)13(18)10-5-2-6-11(17(19)20)12(10)15-14/h2,5-6,9,15H,3-4,7-8,14H2,1H3. The van der Waals surface area contributed by atoms with E-state index in [2.05, 4.69) is 5.43 Å². The SMILES string of the molecule is CN(CC1CCCO1)C(=O)c1cccc([N+](=O)[O-])c1NN. The van der Waals surface area contributed by atoms with E-state index in [1.807, 2.05) is 0 Å². The first-order chi connectivity index (χ1) is 10.0. The number of para-hydroxylation sites is 1. The van der Waals surface area contributed by atoms with Crippen LogP contribution in [0, 0.1) is 10.1 Å². The molecule has 1 aromatic rings. The van der Waals surface area contributed by atoms with Gasteiger partial charge in [0.05, 0.1) is 16.6 Å². The Bertz CT molecular complexity index is 543. The van der Waals surface area contributed by atoms with Crippen LogP contribution in [0.3, 0.4) is 0 Å². The summed E-state index contributed by atoms with van der Waals surface area (Å²) in [6.45, 7) is 1.16. The number of hydrogen-bond acceptors (Lipinski definition) is 6. The second-order valence-corrected chi connectivity index (χ2v) is 4.92. The molecule has 1 heterocycles. The van der Waals surface area contributed by atoms with E-state index in [1.165, 1.54) is 23.1 Å². The highest BCUT2D eigenvalue weighted by Crippen LogP contribution is 2.28. The molecule has 0 saturated carbocycles. The number of carbonyl (C=O) groups excluding carboxylic acids is 1. The molecule has 1 unspecified atom stereocenters. The van der Waals surface area contributed by atoms with Gasteiger partial charge in [-0.15, -0.1) is 0 Å². The molecule has 114 valence electrons. The minimum atomic E-state index is -0.577. The van der Waals surface area contributed by atoms with Gasteiger partial charge in [-0.05, 0) is 18.9 Å². The lowest BCUT2D eigenvalue weighted by atomic mass is 10.1. The number of benzene rings is 1. The highest BCUT2D eigenvalue weighted by atomic mass is 16.6. The molecule has 21 heavy (non-hydrogen) atoms. The fourth-order valence-corrected chi connectivity index (χ4v) is 2.40. The van der Waals surface area contributed by atoms with E-state index in [0.29, 0.717) is 13.2 Å². The summed E-state index contributed by atoms with van der Waals surface area (Å²) in [5.41, 5.74) is 2.22. The van der Waals surface area contributed by atoms with Crippen LogP contribution >= 0.6 is 0 Å². The van der Waals surface area contributed by atoms with Crippen LogP contribution in [-0.4, -0.2) is 42.0 Å². The number of nitro benzene ring substituents is 1. The summed E-state index contributed by atoms with van der Waals surface area (Å²) in [6, 6.07) is 4.27. The molecule has 1 saturated heterocycles. The van der Waals surface area contributed by atoms with Crippen LogP contribution in [0.15, 0.2) is 18.2 Å². The summed E-state index contributed by atoms with van der Waals surface area (Å²) in [6.07, 6.45) is 1.92. The second-order valence-electron chi connectivity index (χ2n) is 4.92. The van der Waals surface area contributed by atoms with Crippen LogP contribution in [0.1, 0.15) is 23.2 Å². The van der Waals surface area contributed by atoms with E-state index < -0.39 is 4.92 Å². The average molecular weight is 294 g/mol. The fourth-order valence-electron chi connectivity index (χ4n) is 2.40. The van der Waals surface area contributed by atoms with Crippen molar-refractivity contribution in [2.75, 3.05) is 25.6 Å². The van der Waals surface area contributed by atoms with Gasteiger partial charge in [-0.3, -0.25) is 20.8 Å². The van der Waals surface area contributed by atoms with Gasteiger partial charge in [-0.2, -0.15) is 0 Å². The third-order valence-electron chi connectivity index (χ3n) is 3.46. The first-order valence-electron chi connectivity index (χ1n) is 6.65. The van der Waals surface area contributed by atoms with Gasteiger partial charge in [0.1, 0.15) is 5.69 Å². The van der Waals surface area contributed by atoms with Gasteiger partial charge in [0.15, 0.2) is 0 Å². The van der Waals surface area contributed by atoms with Gasteiger partial charge >= 0.3 is 0 Å². The maximum Gasteiger partial charge on any atom is 0.294 e. The van der Waals surface area contributed by atoms with Crippen molar-refractivity contribution in [3.8, 4) is 0 Å². The summed E-state index contributed by atoms with van der Waals surface area (Å²) < 4.78 is 5.49. The minimum Gasteiger partial charge on any atom is -0.376 e. The lowest BCUT2D eigenvalue weighted by molar-refractivity contribution is -0.384. The van der Waals surface area contributed by atoms with Gasteiger partial charge in [0.25, 0.3) is 11.6 Å². The third kappa shape index (κ3) is 3.29. The second kappa shape index (κ2) is 6.51. The molecule has 1 fully saturated rings. The zero-order chi connectivity index (χ0) is 15.4. The molecular weight excluding hydrogens is 276 g/mol. The van der Waals surface area contributed by atoms with E-state index >= 15 is 0 Å². The van der Waals surface area contributed by atoms with Gasteiger partial charge in [0.2, 0.25) is 0 Å². The maximum atomic E-state index is 12.4. The van der Waals surface area contributed by atoms with Crippen molar-refractivity contribution in [1.82, 2.24) is 4.90 Å². The van der Waals surface area contributed by atoms with Crippen LogP contribution in [0.25, 0.3) is 0 Å². The quantitative estimate of drug-likeness (QED) is 0.478. The molecule has 1 atom stereocenters. The predicted molar refractivity (Wildman–Crippen MR) is 76.8 cm³/mol. The van der Waals surface area contributed by atoms with Crippen LogP contribution in [0.2, 0.25) is 0 Å². The number of likely N-dealkylation sites (N-methyl/N-ethyl adjacent to an activating group) is 1. The number of rotatable bonds is 5. The lowest BCUT2D eigenvalue weighted by Crippen LogP contribution is -2.34. The van der Waals surface area contributed by atoms with Crippen LogP contribution in [0.5, 0.6) is 0 Å². The number of nitrogen functional groups attached to an aromatic ring is 1. The molecule has 8 nitrogen and oxygen atoms in total. The number of carbonyl (C=O) groups is 1. The van der Waals surface area contributed by atoms with Crippen molar-refractivity contribution in [2.24, 2.45) is 5.84 Å². The van der Waals surface area contributed by atoms with E-state index in [-0.39, 0.29) is 28.9 Å². The number of hydrogen-bond donors (Lipinski definition) is 2. The molecule has 1 amide bonds. The fraction of sp³-hybridized carbons (Fsp3) is 0.462. The molecule has 1 aliphatic rings. The summed E-state index contributed by atoms with van der Waals surface area (Å²) in [5.74, 6) is 5.01. The zero-order valence-corrected chi connectivity index (χ0v) is 11.7. The van der Waals surface area contributed by atoms with E-state index in [0.717, 1.165) is 12.8 Å². The predicted octanol–water partition coefficient (Wildman–Crippen LogP) is 1.13. The first-order valence-corrected chi connectivity index (χ1v) is 6.65. The Balaban J connectivity index is 2.21. The molecule has 2 rings (SSSR count). The van der Waals surface area contributed by atoms with Crippen molar-refractivity contribution in [1.29, 1.82) is 0 Å². The van der Waals surface area contributed by atoms with Crippen molar-refractivity contribution in [3.05, 3.63) is 33.9 Å². The van der Waals surface area contributed by atoms with Crippen molar-refractivity contribution >= 4 is 17.3 Å². The molecule has 0 radical (unpaired) electrons. The third-order valence-corrected chi connectivity index (χ3v) is 3.46. The van der Waals surface area contributed by atoms with Gasteiger partial charge in [-0.25, -0.2) is 0 Å². The van der Waals surface area contributed by atoms with Crippen LogP contribution in [0.4, 0.5) is 11.4 Å². The molecule has 0 aromatic heterocycles. The summed E-state index contributed by atoms with van der Waals surface area (Å²) in [7, 11) is 1.64. The smallest absolute Gasteiger partial charge is 0.294 e. The number of hydrazine groups is 1. The monoisotopic (exact) mass is 294 g/mol. The highest BCUT2D eigenvalue weighted by Gasteiger charge is 2.25. The Morgan fingerprint density at radius 3 is 2.95 bits per heavy atom. The Morgan fingerprint density at radius 1 is 1.62 bits per heavy atom. The van der Waals surface area contributed by atoms with Gasteiger partial charge < -0.3 is 15.1 Å². The number of nitrogens with two attached hydrogens (primary N) is 1. The summed E-state index contributed by atoms with van der Waals surface area (Å²) in [5, 5.41) is 11.0. The number of anilines is 1. The summed E-state index contributed by atoms with van der Waals surface area (Å²) >= 11 is 0. The number of nitrogens with one attached hydrogen (secondary N) is 1. The first kappa shape index (κ1) is 15.2. The molecule has 1 aliphatic heterocycles. The number of nitrogens with zero attached hydrogens (tertiary/aromatic N) is 2. The van der Waals surface area contributed by atoms with Crippen LogP contribution < -0.4 is 11.3 Å². The van der Waals surface area contributed by atoms with E-state index in [9.17, 15) is 14.9 Å². The molecule has 0 spiro atoms. The van der Waals surface area contributed by atoms with Crippen LogP contribution in [-0.2, 0) is 4.74 Å². The molecule has 0 aliphatic carbocycles. The van der Waals surface area contributed by atoms with E-state index in [4.69, 9.17) is 10.6 Å². The highest BCUT2D eigenvalue weighted by molar-refractivity contribution is 6.01. The Hall–Kier alpha value is -2.19. The molecule has 3 N–H and O–H groups in total. The van der Waals surface area contributed by atoms with Gasteiger partial charge in [-0.1, -0.05) is 6.07 Å². The maximum absolute atomic E-state index is 12.4. The lowest BCUT2D eigenvalue weighted by Gasteiger charge is -2.21. The molecule has 8 heteroatoms. The molecule has 1 aromatic carbocycles. The average Bonchev–Trinajstić information content (AvgIpc) is 2.98. The van der Waals surface area contributed by atoms with Crippen molar-refractivity contribution < 1.29 is 14.5 Å². The Kier molecular flexibility index (Phi) is 4.71. The number of nitro groups is 1. The largest absolute Gasteiger partial charge is 0.376 e. The van der Waals surface area contributed by atoms with E-state index in [1.54, 1.807) is 7.05 Å². The molecule has 0 bridgehead atoms.